The normalized spacial score (nSPS) is 12.4. The number of amides is 1. The number of hydrogen-bond donors (Lipinski definition) is 3. The topological polar surface area (TPSA) is 83.8 Å². The summed E-state index contributed by atoms with van der Waals surface area (Å²) in [6.07, 6.45) is 4.95. The number of carbonyl (C=O) groups is 1. The molecule has 96 valence electrons. The Labute approximate surface area is 102 Å². The highest BCUT2D eigenvalue weighted by Gasteiger charge is 2.06. The smallest absolute Gasteiger partial charge is 0.221 e. The molecule has 17 heavy (non-hydrogen) atoms. The number of nitrogens with zero attached hydrogens (tertiary/aromatic N) is 1. The van der Waals surface area contributed by atoms with Crippen molar-refractivity contribution in [2.75, 3.05) is 6.54 Å². The Morgan fingerprint density at radius 3 is 3.00 bits per heavy atom. The molecule has 5 heteroatoms. The van der Waals surface area contributed by atoms with Gasteiger partial charge in [-0.05, 0) is 31.7 Å². The van der Waals surface area contributed by atoms with Gasteiger partial charge in [-0.1, -0.05) is 6.92 Å². The second-order valence-electron chi connectivity index (χ2n) is 4.35. The Kier molecular flexibility index (Phi) is 5.69. The number of aryl methyl sites for hydroxylation is 2. The van der Waals surface area contributed by atoms with Crippen LogP contribution in [0.4, 0.5) is 0 Å². The van der Waals surface area contributed by atoms with Crippen LogP contribution < -0.4 is 11.1 Å². The first-order valence-electron chi connectivity index (χ1n) is 6.14. The first kappa shape index (κ1) is 13.7. The molecule has 1 aromatic rings. The van der Waals surface area contributed by atoms with E-state index in [0.29, 0.717) is 13.0 Å². The molecule has 0 radical (unpaired) electrons. The molecule has 1 amide bonds. The lowest BCUT2D eigenvalue weighted by molar-refractivity contribution is -0.121. The second kappa shape index (κ2) is 7.06. The van der Waals surface area contributed by atoms with E-state index in [9.17, 15) is 4.79 Å². The SMILES string of the molecule is CCC(N)CC(=O)NCCCc1cn[nH]c1C. The third kappa shape index (κ3) is 4.99. The maximum Gasteiger partial charge on any atom is 0.221 e. The van der Waals surface area contributed by atoms with E-state index < -0.39 is 0 Å². The lowest BCUT2D eigenvalue weighted by atomic mass is 10.1. The van der Waals surface area contributed by atoms with Gasteiger partial charge in [-0.2, -0.15) is 5.10 Å². The molecule has 0 aromatic carbocycles. The molecule has 1 unspecified atom stereocenters. The Balaban J connectivity index is 2.12. The van der Waals surface area contributed by atoms with Crippen molar-refractivity contribution in [2.45, 2.75) is 45.6 Å². The van der Waals surface area contributed by atoms with Gasteiger partial charge in [0.2, 0.25) is 5.91 Å². The van der Waals surface area contributed by atoms with Gasteiger partial charge >= 0.3 is 0 Å². The van der Waals surface area contributed by atoms with E-state index in [1.54, 1.807) is 0 Å². The van der Waals surface area contributed by atoms with Gasteiger partial charge < -0.3 is 11.1 Å². The van der Waals surface area contributed by atoms with Crippen LogP contribution in [-0.4, -0.2) is 28.7 Å². The first-order chi connectivity index (χ1) is 8.13. The van der Waals surface area contributed by atoms with E-state index in [-0.39, 0.29) is 11.9 Å². The van der Waals surface area contributed by atoms with Crippen molar-refractivity contribution in [3.05, 3.63) is 17.5 Å². The number of carbonyl (C=O) groups excluding carboxylic acids is 1. The van der Waals surface area contributed by atoms with Gasteiger partial charge in [0.15, 0.2) is 0 Å². The summed E-state index contributed by atoms with van der Waals surface area (Å²) in [6, 6.07) is -0.0221. The van der Waals surface area contributed by atoms with Crippen LogP contribution in [0.2, 0.25) is 0 Å². The molecule has 4 N–H and O–H groups in total. The Bertz CT molecular complexity index is 348. The lowest BCUT2D eigenvalue weighted by Crippen LogP contribution is -2.31. The number of H-pyrrole nitrogens is 1. The van der Waals surface area contributed by atoms with E-state index in [2.05, 4.69) is 15.5 Å². The number of aromatic nitrogens is 2. The third-order valence-corrected chi connectivity index (χ3v) is 2.85. The van der Waals surface area contributed by atoms with Crippen LogP contribution in [0.25, 0.3) is 0 Å². The third-order valence-electron chi connectivity index (χ3n) is 2.85. The van der Waals surface area contributed by atoms with Gasteiger partial charge in [0, 0.05) is 24.7 Å². The number of aromatic amines is 1. The van der Waals surface area contributed by atoms with Crippen LogP contribution in [0.5, 0.6) is 0 Å². The molecule has 1 rings (SSSR count). The summed E-state index contributed by atoms with van der Waals surface area (Å²) in [5.41, 5.74) is 8.02. The van der Waals surface area contributed by atoms with Gasteiger partial charge in [-0.3, -0.25) is 9.89 Å². The second-order valence-corrected chi connectivity index (χ2v) is 4.35. The van der Waals surface area contributed by atoms with Crippen molar-refractivity contribution in [3.8, 4) is 0 Å². The van der Waals surface area contributed by atoms with E-state index >= 15 is 0 Å². The maximum absolute atomic E-state index is 11.4. The Hall–Kier alpha value is -1.36. The molecular weight excluding hydrogens is 216 g/mol. The molecule has 1 atom stereocenters. The summed E-state index contributed by atoms with van der Waals surface area (Å²) >= 11 is 0. The van der Waals surface area contributed by atoms with E-state index in [1.165, 1.54) is 5.56 Å². The quantitative estimate of drug-likeness (QED) is 0.617. The highest BCUT2D eigenvalue weighted by atomic mass is 16.1. The molecule has 0 bridgehead atoms. The van der Waals surface area contributed by atoms with Crippen LogP contribution in [-0.2, 0) is 11.2 Å². The molecular formula is C12H22N4O. The molecule has 0 spiro atoms. The minimum atomic E-state index is -0.0221. The molecule has 1 heterocycles. The first-order valence-corrected chi connectivity index (χ1v) is 6.14. The van der Waals surface area contributed by atoms with Crippen LogP contribution in [0.15, 0.2) is 6.20 Å². The van der Waals surface area contributed by atoms with Gasteiger partial charge in [-0.25, -0.2) is 0 Å². The summed E-state index contributed by atoms with van der Waals surface area (Å²) in [7, 11) is 0. The summed E-state index contributed by atoms with van der Waals surface area (Å²) in [5.74, 6) is 0.0447. The number of nitrogens with one attached hydrogen (secondary N) is 2. The minimum Gasteiger partial charge on any atom is -0.356 e. The molecule has 0 fully saturated rings. The summed E-state index contributed by atoms with van der Waals surface area (Å²) in [4.78, 5) is 11.4. The monoisotopic (exact) mass is 238 g/mol. The summed E-state index contributed by atoms with van der Waals surface area (Å²) in [6.45, 7) is 4.68. The predicted octanol–water partition coefficient (Wildman–Crippen LogP) is 0.894. The molecule has 5 nitrogen and oxygen atoms in total. The Morgan fingerprint density at radius 2 is 2.41 bits per heavy atom. The highest BCUT2D eigenvalue weighted by Crippen LogP contribution is 2.05. The fourth-order valence-electron chi connectivity index (χ4n) is 1.59. The number of rotatable bonds is 7. The summed E-state index contributed by atoms with van der Waals surface area (Å²) < 4.78 is 0. The average molecular weight is 238 g/mol. The van der Waals surface area contributed by atoms with Gasteiger partial charge in [-0.15, -0.1) is 0 Å². The molecule has 1 aromatic heterocycles. The number of nitrogens with two attached hydrogens (primary N) is 1. The van der Waals surface area contributed by atoms with E-state index in [4.69, 9.17) is 5.73 Å². The lowest BCUT2D eigenvalue weighted by Gasteiger charge is -2.09. The molecule has 0 aliphatic heterocycles. The van der Waals surface area contributed by atoms with Crippen molar-refractivity contribution >= 4 is 5.91 Å². The van der Waals surface area contributed by atoms with Crippen LogP contribution in [0, 0.1) is 6.92 Å². The predicted molar refractivity (Wildman–Crippen MR) is 67.5 cm³/mol. The van der Waals surface area contributed by atoms with Crippen molar-refractivity contribution in [1.82, 2.24) is 15.5 Å². The number of hydrogen-bond acceptors (Lipinski definition) is 3. The molecule has 0 aliphatic carbocycles. The van der Waals surface area contributed by atoms with Crippen molar-refractivity contribution in [2.24, 2.45) is 5.73 Å². The summed E-state index contributed by atoms with van der Waals surface area (Å²) in [5, 5.41) is 9.74. The average Bonchev–Trinajstić information content (AvgIpc) is 2.70. The zero-order chi connectivity index (χ0) is 12.7. The largest absolute Gasteiger partial charge is 0.356 e. The zero-order valence-electron chi connectivity index (χ0n) is 10.6. The van der Waals surface area contributed by atoms with Crippen LogP contribution >= 0.6 is 0 Å². The standard InChI is InChI=1S/C12H22N4O/c1-3-11(13)7-12(17)14-6-4-5-10-8-15-16-9(10)2/h8,11H,3-7,13H2,1-2H3,(H,14,17)(H,15,16). The van der Waals surface area contributed by atoms with Crippen molar-refractivity contribution in [1.29, 1.82) is 0 Å². The van der Waals surface area contributed by atoms with Crippen LogP contribution in [0.1, 0.15) is 37.4 Å². The fourth-order valence-corrected chi connectivity index (χ4v) is 1.59. The Morgan fingerprint density at radius 1 is 1.65 bits per heavy atom. The molecule has 0 aliphatic rings. The van der Waals surface area contributed by atoms with Crippen molar-refractivity contribution < 1.29 is 4.79 Å². The molecule has 0 saturated carbocycles. The molecule has 0 saturated heterocycles. The highest BCUT2D eigenvalue weighted by molar-refractivity contribution is 5.76. The zero-order valence-corrected chi connectivity index (χ0v) is 10.6. The van der Waals surface area contributed by atoms with Crippen LogP contribution in [0.3, 0.4) is 0 Å². The minimum absolute atomic E-state index is 0.0221. The maximum atomic E-state index is 11.4. The van der Waals surface area contributed by atoms with E-state index in [1.807, 2.05) is 20.0 Å². The fraction of sp³-hybridized carbons (Fsp3) is 0.667. The van der Waals surface area contributed by atoms with Crippen molar-refractivity contribution in [3.63, 3.8) is 0 Å². The van der Waals surface area contributed by atoms with Gasteiger partial charge in [0.1, 0.15) is 0 Å². The van der Waals surface area contributed by atoms with E-state index in [0.717, 1.165) is 25.0 Å². The van der Waals surface area contributed by atoms with Gasteiger partial charge in [0.25, 0.3) is 0 Å². The van der Waals surface area contributed by atoms with Gasteiger partial charge in [0.05, 0.1) is 6.20 Å².